The van der Waals surface area contributed by atoms with Crippen LogP contribution < -0.4 is 5.32 Å². The highest BCUT2D eigenvalue weighted by atomic mass is 79.9. The molecule has 0 atom stereocenters. The van der Waals surface area contributed by atoms with Gasteiger partial charge in [-0.3, -0.25) is 4.79 Å². The van der Waals surface area contributed by atoms with Gasteiger partial charge in [0.2, 0.25) is 0 Å². The average molecular weight is 319 g/mol. The minimum Gasteiger partial charge on any atom is -0.311 e. The number of halogens is 2. The van der Waals surface area contributed by atoms with Gasteiger partial charge < -0.3 is 5.32 Å². The summed E-state index contributed by atoms with van der Waals surface area (Å²) in [6, 6.07) is 5.02. The summed E-state index contributed by atoms with van der Waals surface area (Å²) < 4.78 is 4.33. The van der Waals surface area contributed by atoms with E-state index in [1.807, 2.05) is 0 Å². The number of rotatable bonds is 2. The Morgan fingerprint density at radius 1 is 1.50 bits per heavy atom. The van der Waals surface area contributed by atoms with Crippen LogP contribution in [0.3, 0.4) is 0 Å². The van der Waals surface area contributed by atoms with Gasteiger partial charge >= 0.3 is 0 Å². The number of aromatic nitrogens is 2. The van der Waals surface area contributed by atoms with Crippen molar-refractivity contribution in [3.8, 4) is 0 Å². The number of carbonyl (C=O) groups is 1. The summed E-state index contributed by atoms with van der Waals surface area (Å²) in [6.45, 7) is 0. The predicted octanol–water partition coefficient (Wildman–Crippen LogP) is 3.21. The van der Waals surface area contributed by atoms with Crippen molar-refractivity contribution in [1.82, 2.24) is 9.59 Å². The molecule has 0 aliphatic rings. The fourth-order valence-electron chi connectivity index (χ4n) is 1.07. The summed E-state index contributed by atoms with van der Waals surface area (Å²) in [5.41, 5.74) is 0.473. The maximum Gasteiger partial charge on any atom is 0.257 e. The Labute approximate surface area is 109 Å². The van der Waals surface area contributed by atoms with Crippen molar-refractivity contribution >= 4 is 50.0 Å². The number of nitrogens with one attached hydrogen (secondary N) is 1. The molecule has 82 valence electrons. The highest BCUT2D eigenvalue weighted by molar-refractivity contribution is 9.10. The summed E-state index contributed by atoms with van der Waals surface area (Å²) in [6.07, 6.45) is 1.49. The molecule has 16 heavy (non-hydrogen) atoms. The van der Waals surface area contributed by atoms with Crippen LogP contribution in [0.5, 0.6) is 0 Å². The number of carbonyl (C=O) groups excluding carboxylic acids is 1. The number of hydrogen-bond acceptors (Lipinski definition) is 4. The van der Waals surface area contributed by atoms with E-state index in [9.17, 15) is 4.79 Å². The van der Waals surface area contributed by atoms with Crippen molar-refractivity contribution in [2.24, 2.45) is 0 Å². The van der Waals surface area contributed by atoms with Gasteiger partial charge in [-0.25, -0.2) is 0 Å². The normalized spacial score (nSPS) is 10.1. The van der Waals surface area contributed by atoms with E-state index in [4.69, 9.17) is 11.6 Å². The first kappa shape index (κ1) is 11.5. The zero-order chi connectivity index (χ0) is 11.5. The standard InChI is InChI=1S/C9H5BrClN3OS/c10-7-2-1-5(11)3-6(7)9(15)13-8-4-12-14-16-8/h1-4H,(H,13,15). The number of anilines is 1. The van der Waals surface area contributed by atoms with Gasteiger partial charge in [-0.1, -0.05) is 16.1 Å². The first-order chi connectivity index (χ1) is 7.66. The van der Waals surface area contributed by atoms with Crippen molar-refractivity contribution in [2.45, 2.75) is 0 Å². The Morgan fingerprint density at radius 2 is 2.31 bits per heavy atom. The average Bonchev–Trinajstić information content (AvgIpc) is 2.74. The largest absolute Gasteiger partial charge is 0.311 e. The minimum atomic E-state index is -0.250. The van der Waals surface area contributed by atoms with Crippen LogP contribution >= 0.6 is 39.1 Å². The first-order valence-electron chi connectivity index (χ1n) is 4.20. The zero-order valence-electron chi connectivity index (χ0n) is 7.78. The lowest BCUT2D eigenvalue weighted by Crippen LogP contribution is -2.11. The Bertz CT molecular complexity index is 517. The van der Waals surface area contributed by atoms with Crippen molar-refractivity contribution in [2.75, 3.05) is 5.32 Å². The molecule has 0 aliphatic carbocycles. The zero-order valence-corrected chi connectivity index (χ0v) is 10.9. The maximum atomic E-state index is 11.8. The van der Waals surface area contributed by atoms with Gasteiger partial charge in [0.1, 0.15) is 5.00 Å². The summed E-state index contributed by atoms with van der Waals surface area (Å²) >= 11 is 10.2. The van der Waals surface area contributed by atoms with E-state index in [2.05, 4.69) is 30.8 Å². The molecule has 1 aromatic carbocycles. The molecular formula is C9H5BrClN3OS. The summed E-state index contributed by atoms with van der Waals surface area (Å²) in [5.74, 6) is -0.250. The van der Waals surface area contributed by atoms with Crippen LogP contribution in [0.25, 0.3) is 0 Å². The Hall–Kier alpha value is -0.980. The second-order valence-corrected chi connectivity index (χ2v) is 4.94. The molecule has 1 N–H and O–H groups in total. The van der Waals surface area contributed by atoms with Gasteiger partial charge in [0, 0.05) is 21.0 Å². The minimum absolute atomic E-state index is 0.250. The lowest BCUT2D eigenvalue weighted by molar-refractivity contribution is 0.102. The topological polar surface area (TPSA) is 54.9 Å². The van der Waals surface area contributed by atoms with Gasteiger partial charge in [-0.2, -0.15) is 0 Å². The van der Waals surface area contributed by atoms with E-state index in [1.54, 1.807) is 18.2 Å². The number of nitrogens with zero attached hydrogens (tertiary/aromatic N) is 2. The molecule has 0 unspecified atom stereocenters. The van der Waals surface area contributed by atoms with E-state index < -0.39 is 0 Å². The van der Waals surface area contributed by atoms with Crippen molar-refractivity contribution in [3.63, 3.8) is 0 Å². The molecule has 0 radical (unpaired) electrons. The van der Waals surface area contributed by atoms with Crippen LogP contribution in [-0.4, -0.2) is 15.5 Å². The molecular weight excluding hydrogens is 314 g/mol. The van der Waals surface area contributed by atoms with E-state index >= 15 is 0 Å². The van der Waals surface area contributed by atoms with Crippen LogP contribution in [0.4, 0.5) is 5.00 Å². The molecule has 0 bridgehead atoms. The third kappa shape index (κ3) is 2.58. The fourth-order valence-corrected chi connectivity index (χ4v) is 2.09. The van der Waals surface area contributed by atoms with Gasteiger partial charge in [-0.05, 0) is 34.1 Å². The van der Waals surface area contributed by atoms with E-state index in [0.29, 0.717) is 20.1 Å². The molecule has 4 nitrogen and oxygen atoms in total. The SMILES string of the molecule is O=C(Nc1cnns1)c1cc(Cl)ccc1Br. The lowest BCUT2D eigenvalue weighted by atomic mass is 10.2. The fraction of sp³-hybridized carbons (Fsp3) is 0. The van der Waals surface area contributed by atoms with Crippen molar-refractivity contribution in [3.05, 3.63) is 39.5 Å². The number of amides is 1. The van der Waals surface area contributed by atoms with Crippen molar-refractivity contribution < 1.29 is 4.79 Å². The lowest BCUT2D eigenvalue weighted by Gasteiger charge is -2.04. The van der Waals surface area contributed by atoms with Crippen LogP contribution in [0.15, 0.2) is 28.9 Å². The Kier molecular flexibility index (Phi) is 3.52. The van der Waals surface area contributed by atoms with Gasteiger partial charge in [0.05, 0.1) is 11.8 Å². The summed E-state index contributed by atoms with van der Waals surface area (Å²) in [7, 11) is 0. The van der Waals surface area contributed by atoms with Crippen LogP contribution in [-0.2, 0) is 0 Å². The summed E-state index contributed by atoms with van der Waals surface area (Å²) in [5, 5.41) is 7.40. The first-order valence-corrected chi connectivity index (χ1v) is 6.15. The molecule has 0 aliphatic heterocycles. The van der Waals surface area contributed by atoms with Crippen molar-refractivity contribution in [1.29, 1.82) is 0 Å². The van der Waals surface area contributed by atoms with Gasteiger partial charge in [0.15, 0.2) is 0 Å². The molecule has 0 saturated carbocycles. The molecule has 1 heterocycles. The smallest absolute Gasteiger partial charge is 0.257 e. The highest BCUT2D eigenvalue weighted by Gasteiger charge is 2.11. The summed E-state index contributed by atoms with van der Waals surface area (Å²) in [4.78, 5) is 11.8. The van der Waals surface area contributed by atoms with Crippen LogP contribution in [0.1, 0.15) is 10.4 Å². The monoisotopic (exact) mass is 317 g/mol. The van der Waals surface area contributed by atoms with Gasteiger partial charge in [-0.15, -0.1) is 5.10 Å². The molecule has 7 heteroatoms. The number of hydrogen-bond donors (Lipinski definition) is 1. The quantitative estimate of drug-likeness (QED) is 0.925. The molecule has 0 spiro atoms. The maximum absolute atomic E-state index is 11.8. The predicted molar refractivity (Wildman–Crippen MR) is 67.0 cm³/mol. The molecule has 2 rings (SSSR count). The van der Waals surface area contributed by atoms with E-state index in [-0.39, 0.29) is 5.91 Å². The van der Waals surface area contributed by atoms with Crippen LogP contribution in [0.2, 0.25) is 5.02 Å². The van der Waals surface area contributed by atoms with E-state index in [0.717, 1.165) is 11.5 Å². The Balaban J connectivity index is 2.24. The highest BCUT2D eigenvalue weighted by Crippen LogP contribution is 2.22. The van der Waals surface area contributed by atoms with Crippen LogP contribution in [0, 0.1) is 0 Å². The van der Waals surface area contributed by atoms with E-state index in [1.165, 1.54) is 6.20 Å². The molecule has 1 aromatic heterocycles. The number of benzene rings is 1. The molecule has 1 amide bonds. The molecule has 0 fully saturated rings. The molecule has 0 saturated heterocycles. The Morgan fingerprint density at radius 3 is 3.00 bits per heavy atom. The third-order valence-corrected chi connectivity index (χ3v) is 3.28. The molecule has 2 aromatic rings. The second-order valence-electron chi connectivity index (χ2n) is 2.86. The second kappa shape index (κ2) is 4.90. The van der Waals surface area contributed by atoms with Gasteiger partial charge in [0.25, 0.3) is 5.91 Å². The third-order valence-electron chi connectivity index (χ3n) is 1.77.